The summed E-state index contributed by atoms with van der Waals surface area (Å²) >= 11 is 0. The van der Waals surface area contributed by atoms with Gasteiger partial charge in [0.1, 0.15) is 23.0 Å². The third kappa shape index (κ3) is 4.29. The van der Waals surface area contributed by atoms with Crippen molar-refractivity contribution in [3.05, 3.63) is 64.7 Å². The van der Waals surface area contributed by atoms with E-state index in [9.17, 15) is 9.18 Å². The Morgan fingerprint density at radius 3 is 2.52 bits per heavy atom. The summed E-state index contributed by atoms with van der Waals surface area (Å²) in [6.07, 6.45) is 0. The van der Waals surface area contributed by atoms with Crippen molar-refractivity contribution >= 4 is 17.6 Å². The van der Waals surface area contributed by atoms with Gasteiger partial charge in [0, 0.05) is 17.2 Å². The molecule has 152 valence electrons. The number of esters is 1. The first-order chi connectivity index (χ1) is 13.6. The van der Waals surface area contributed by atoms with Crippen LogP contribution < -0.4 is 5.32 Å². The number of hydrogen-bond acceptors (Lipinski definition) is 5. The largest absolute Gasteiger partial charge is 0.465 e. The summed E-state index contributed by atoms with van der Waals surface area (Å²) in [5.41, 5.74) is 3.10. The highest BCUT2D eigenvalue weighted by Gasteiger charge is 2.23. The number of nitrogens with zero attached hydrogens (tertiary/aromatic N) is 3. The molecule has 0 radical (unpaired) electrons. The van der Waals surface area contributed by atoms with Gasteiger partial charge < -0.3 is 10.1 Å². The van der Waals surface area contributed by atoms with Crippen molar-refractivity contribution in [2.45, 2.75) is 40.0 Å². The Balaban J connectivity index is 2.18. The molecule has 3 rings (SSSR count). The average molecular weight is 396 g/mol. The van der Waals surface area contributed by atoms with Crippen LogP contribution in [0.3, 0.4) is 0 Å². The van der Waals surface area contributed by atoms with Crippen molar-refractivity contribution in [1.29, 1.82) is 0 Å². The van der Waals surface area contributed by atoms with E-state index in [-0.39, 0.29) is 11.2 Å². The second-order valence-electron chi connectivity index (χ2n) is 7.97. The summed E-state index contributed by atoms with van der Waals surface area (Å²) in [4.78, 5) is 16.6. The predicted molar refractivity (Wildman–Crippen MR) is 111 cm³/mol. The highest BCUT2D eigenvalue weighted by Crippen LogP contribution is 2.30. The van der Waals surface area contributed by atoms with Gasteiger partial charge in [0.05, 0.1) is 18.5 Å². The lowest BCUT2D eigenvalue weighted by Crippen LogP contribution is -2.13. The summed E-state index contributed by atoms with van der Waals surface area (Å²) in [7, 11) is 1.32. The molecular formula is C22H25FN4O2. The van der Waals surface area contributed by atoms with Crippen LogP contribution in [0.5, 0.6) is 0 Å². The highest BCUT2D eigenvalue weighted by atomic mass is 19.1. The summed E-state index contributed by atoms with van der Waals surface area (Å²) in [5, 5.41) is 7.91. The SMILES string of the molecule is COC(=O)c1ccc(C)nc1Nc1cc(C(C)(C)C)nn1-c1cc(F)ccc1C. The molecule has 29 heavy (non-hydrogen) atoms. The first kappa shape index (κ1) is 20.5. The first-order valence-corrected chi connectivity index (χ1v) is 9.30. The minimum Gasteiger partial charge on any atom is -0.465 e. The van der Waals surface area contributed by atoms with Gasteiger partial charge in [0.15, 0.2) is 0 Å². The van der Waals surface area contributed by atoms with E-state index < -0.39 is 5.97 Å². The molecule has 0 saturated heterocycles. The van der Waals surface area contributed by atoms with Gasteiger partial charge in [-0.05, 0) is 43.7 Å². The maximum absolute atomic E-state index is 14.0. The maximum atomic E-state index is 14.0. The fourth-order valence-electron chi connectivity index (χ4n) is 2.88. The van der Waals surface area contributed by atoms with E-state index in [0.717, 1.165) is 17.0 Å². The van der Waals surface area contributed by atoms with Crippen LogP contribution in [-0.2, 0) is 10.2 Å². The van der Waals surface area contributed by atoms with Crippen LogP contribution in [0.1, 0.15) is 48.1 Å². The number of pyridine rings is 1. The van der Waals surface area contributed by atoms with E-state index >= 15 is 0 Å². The number of anilines is 2. The molecule has 0 bridgehead atoms. The van der Waals surface area contributed by atoms with Crippen molar-refractivity contribution in [3.8, 4) is 5.69 Å². The zero-order valence-electron chi connectivity index (χ0n) is 17.5. The van der Waals surface area contributed by atoms with Crippen LogP contribution in [0.4, 0.5) is 16.0 Å². The van der Waals surface area contributed by atoms with Gasteiger partial charge in [-0.25, -0.2) is 18.9 Å². The second-order valence-corrected chi connectivity index (χ2v) is 7.97. The molecule has 1 N–H and O–H groups in total. The van der Waals surface area contributed by atoms with Gasteiger partial charge in [-0.2, -0.15) is 5.10 Å². The molecule has 0 aliphatic carbocycles. The number of methoxy groups -OCH3 is 1. The number of halogens is 1. The van der Waals surface area contributed by atoms with Crippen LogP contribution in [0.2, 0.25) is 0 Å². The molecule has 1 aromatic carbocycles. The fourth-order valence-corrected chi connectivity index (χ4v) is 2.88. The summed E-state index contributed by atoms with van der Waals surface area (Å²) in [5.74, 6) is 0.0803. The van der Waals surface area contributed by atoms with Crippen LogP contribution in [0, 0.1) is 19.7 Å². The topological polar surface area (TPSA) is 69.0 Å². The Hall–Kier alpha value is -3.22. The molecule has 0 fully saturated rings. The van der Waals surface area contributed by atoms with Crippen LogP contribution in [0.15, 0.2) is 36.4 Å². The van der Waals surface area contributed by atoms with E-state index in [1.165, 1.54) is 19.2 Å². The molecule has 2 heterocycles. The third-order valence-electron chi connectivity index (χ3n) is 4.56. The van der Waals surface area contributed by atoms with E-state index in [2.05, 4.69) is 10.3 Å². The molecular weight excluding hydrogens is 371 g/mol. The lowest BCUT2D eigenvalue weighted by molar-refractivity contribution is 0.0601. The predicted octanol–water partition coefficient (Wildman–Crippen LogP) is 4.85. The number of nitrogens with one attached hydrogen (secondary N) is 1. The number of aromatic nitrogens is 3. The smallest absolute Gasteiger partial charge is 0.341 e. The molecule has 0 aliphatic rings. The minimum atomic E-state index is -0.496. The van der Waals surface area contributed by atoms with Gasteiger partial charge in [-0.3, -0.25) is 0 Å². The van der Waals surface area contributed by atoms with Gasteiger partial charge >= 0.3 is 5.97 Å². The third-order valence-corrected chi connectivity index (χ3v) is 4.56. The van der Waals surface area contributed by atoms with Crippen molar-refractivity contribution in [3.63, 3.8) is 0 Å². The van der Waals surface area contributed by atoms with E-state index in [1.54, 1.807) is 22.9 Å². The number of ether oxygens (including phenoxy) is 1. The number of hydrogen-bond donors (Lipinski definition) is 1. The molecule has 6 nitrogen and oxygen atoms in total. The molecule has 2 aromatic heterocycles. The van der Waals surface area contributed by atoms with Crippen LogP contribution >= 0.6 is 0 Å². The van der Waals surface area contributed by atoms with E-state index in [4.69, 9.17) is 9.84 Å². The lowest BCUT2D eigenvalue weighted by atomic mass is 9.92. The average Bonchev–Trinajstić information content (AvgIpc) is 3.07. The molecule has 0 unspecified atom stereocenters. The van der Waals surface area contributed by atoms with Crippen molar-refractivity contribution in [2.24, 2.45) is 0 Å². The Bertz CT molecular complexity index is 1070. The van der Waals surface area contributed by atoms with Gasteiger partial charge in [0.25, 0.3) is 0 Å². The number of benzene rings is 1. The molecule has 0 saturated carbocycles. The van der Waals surface area contributed by atoms with Crippen molar-refractivity contribution in [2.75, 3.05) is 12.4 Å². The highest BCUT2D eigenvalue weighted by molar-refractivity contribution is 5.95. The Kier molecular flexibility index (Phi) is 5.42. The van der Waals surface area contributed by atoms with Gasteiger partial charge in [-0.15, -0.1) is 0 Å². The van der Waals surface area contributed by atoms with Gasteiger partial charge in [-0.1, -0.05) is 26.8 Å². The van der Waals surface area contributed by atoms with Crippen molar-refractivity contribution in [1.82, 2.24) is 14.8 Å². The standard InChI is InChI=1S/C22H25FN4O2/c1-13-7-9-15(23)11-17(13)27-19(12-18(26-27)22(3,4)5)25-20-16(21(28)29-6)10-8-14(2)24-20/h7-12H,1-6H3,(H,24,25). The summed E-state index contributed by atoms with van der Waals surface area (Å²) < 4.78 is 20.5. The summed E-state index contributed by atoms with van der Waals surface area (Å²) in [6.45, 7) is 9.87. The maximum Gasteiger partial charge on any atom is 0.341 e. The van der Waals surface area contributed by atoms with E-state index in [0.29, 0.717) is 22.9 Å². The number of aryl methyl sites for hydroxylation is 2. The Morgan fingerprint density at radius 1 is 1.14 bits per heavy atom. The number of rotatable bonds is 4. The molecule has 0 amide bonds. The summed E-state index contributed by atoms with van der Waals surface area (Å²) in [6, 6.07) is 9.84. The number of carbonyl (C=O) groups is 1. The molecule has 0 aliphatic heterocycles. The number of carbonyl (C=O) groups excluding carboxylic acids is 1. The quantitative estimate of drug-likeness (QED) is 0.639. The first-order valence-electron chi connectivity index (χ1n) is 9.30. The second kappa shape index (κ2) is 7.66. The Morgan fingerprint density at radius 2 is 1.86 bits per heavy atom. The van der Waals surface area contributed by atoms with Crippen LogP contribution in [-0.4, -0.2) is 27.8 Å². The monoisotopic (exact) mass is 396 g/mol. The van der Waals surface area contributed by atoms with Crippen LogP contribution in [0.25, 0.3) is 5.69 Å². The lowest BCUT2D eigenvalue weighted by Gasteiger charge is -2.14. The Labute approximate surface area is 169 Å². The molecule has 7 heteroatoms. The normalized spacial score (nSPS) is 11.4. The zero-order chi connectivity index (χ0) is 21.3. The molecule has 3 aromatic rings. The van der Waals surface area contributed by atoms with E-state index in [1.807, 2.05) is 40.7 Å². The molecule has 0 atom stereocenters. The van der Waals surface area contributed by atoms with Gasteiger partial charge in [0.2, 0.25) is 0 Å². The zero-order valence-corrected chi connectivity index (χ0v) is 17.5. The molecule has 0 spiro atoms. The fraction of sp³-hybridized carbons (Fsp3) is 0.318. The van der Waals surface area contributed by atoms with Crippen molar-refractivity contribution < 1.29 is 13.9 Å². The minimum absolute atomic E-state index is 0.228.